The van der Waals surface area contributed by atoms with E-state index in [2.05, 4.69) is 5.10 Å². The average molecular weight is 265 g/mol. The third-order valence-electron chi connectivity index (χ3n) is 2.69. The molecule has 0 radical (unpaired) electrons. The number of benzene rings is 1. The Morgan fingerprint density at radius 2 is 2.17 bits per heavy atom. The third kappa shape index (κ3) is 2.73. The van der Waals surface area contributed by atoms with E-state index in [1.54, 1.807) is 29.6 Å². The topological polar surface area (TPSA) is 43.8 Å². The molecule has 1 atom stereocenters. The van der Waals surface area contributed by atoms with Gasteiger partial charge in [-0.1, -0.05) is 11.8 Å². The van der Waals surface area contributed by atoms with Gasteiger partial charge in [-0.15, -0.1) is 0 Å². The Bertz CT molecular complexity index is 563. The molecule has 0 aliphatic rings. The number of hydrogen-bond acceptors (Lipinski definition) is 3. The van der Waals surface area contributed by atoms with Crippen LogP contribution in [0, 0.1) is 12.7 Å². The van der Waals surface area contributed by atoms with Crippen LogP contribution in [-0.4, -0.2) is 9.78 Å². The van der Waals surface area contributed by atoms with Crippen molar-refractivity contribution in [3.8, 4) is 0 Å². The zero-order valence-corrected chi connectivity index (χ0v) is 11.5. The zero-order valence-electron chi connectivity index (χ0n) is 10.6. The molecule has 18 heavy (non-hydrogen) atoms. The van der Waals surface area contributed by atoms with Gasteiger partial charge >= 0.3 is 0 Å². The van der Waals surface area contributed by atoms with Crippen LogP contribution in [-0.2, 0) is 7.05 Å². The SMILES string of the molecule is Cc1cc(Sc2cnn(C)c2)c([C@H](C)N)cc1F. The van der Waals surface area contributed by atoms with E-state index in [1.807, 2.05) is 26.2 Å². The lowest BCUT2D eigenvalue weighted by molar-refractivity contribution is 0.610. The van der Waals surface area contributed by atoms with E-state index in [0.717, 1.165) is 15.4 Å². The Morgan fingerprint density at radius 1 is 1.44 bits per heavy atom. The zero-order chi connectivity index (χ0) is 13.3. The summed E-state index contributed by atoms with van der Waals surface area (Å²) >= 11 is 1.56. The van der Waals surface area contributed by atoms with Gasteiger partial charge in [-0.25, -0.2) is 4.39 Å². The van der Waals surface area contributed by atoms with E-state index in [0.29, 0.717) is 5.56 Å². The molecule has 96 valence electrons. The largest absolute Gasteiger partial charge is 0.324 e. The molecule has 1 heterocycles. The molecule has 0 bridgehead atoms. The molecule has 0 fully saturated rings. The summed E-state index contributed by atoms with van der Waals surface area (Å²) in [6.07, 6.45) is 3.71. The molecule has 0 aliphatic heterocycles. The van der Waals surface area contributed by atoms with Gasteiger partial charge in [0.1, 0.15) is 5.82 Å². The minimum absolute atomic E-state index is 0.195. The molecule has 0 unspecified atom stereocenters. The number of aromatic nitrogens is 2. The molecule has 0 saturated carbocycles. The summed E-state index contributed by atoms with van der Waals surface area (Å²) in [5.74, 6) is -0.210. The molecule has 5 heteroatoms. The second kappa shape index (κ2) is 5.12. The summed E-state index contributed by atoms with van der Waals surface area (Å²) in [5, 5.41) is 4.12. The van der Waals surface area contributed by atoms with Crippen LogP contribution < -0.4 is 5.73 Å². The van der Waals surface area contributed by atoms with Crippen molar-refractivity contribution < 1.29 is 4.39 Å². The Balaban J connectivity index is 2.39. The molecule has 0 saturated heterocycles. The van der Waals surface area contributed by atoms with Crippen molar-refractivity contribution in [3.05, 3.63) is 41.5 Å². The van der Waals surface area contributed by atoms with Gasteiger partial charge in [-0.2, -0.15) is 5.10 Å². The van der Waals surface area contributed by atoms with E-state index in [9.17, 15) is 4.39 Å². The first-order valence-electron chi connectivity index (χ1n) is 5.69. The summed E-state index contributed by atoms with van der Waals surface area (Å²) < 4.78 is 15.3. The van der Waals surface area contributed by atoms with Gasteiger partial charge in [-0.3, -0.25) is 4.68 Å². The predicted octanol–water partition coefficient (Wildman–Crippen LogP) is 3.04. The van der Waals surface area contributed by atoms with Gasteiger partial charge in [0.25, 0.3) is 0 Å². The minimum atomic E-state index is -0.210. The second-order valence-electron chi connectivity index (χ2n) is 4.38. The first kappa shape index (κ1) is 13.1. The van der Waals surface area contributed by atoms with Gasteiger partial charge in [0.2, 0.25) is 0 Å². The maximum Gasteiger partial charge on any atom is 0.126 e. The van der Waals surface area contributed by atoms with Crippen LogP contribution >= 0.6 is 11.8 Å². The van der Waals surface area contributed by atoms with Crippen molar-refractivity contribution in [2.24, 2.45) is 12.8 Å². The van der Waals surface area contributed by atoms with Crippen LogP contribution in [0.3, 0.4) is 0 Å². The second-order valence-corrected chi connectivity index (χ2v) is 5.50. The van der Waals surface area contributed by atoms with Crippen molar-refractivity contribution in [3.63, 3.8) is 0 Å². The summed E-state index contributed by atoms with van der Waals surface area (Å²) in [6.45, 7) is 3.62. The maximum atomic E-state index is 13.6. The third-order valence-corrected chi connectivity index (χ3v) is 3.71. The van der Waals surface area contributed by atoms with Gasteiger partial charge < -0.3 is 5.73 Å². The number of hydrogen-bond donors (Lipinski definition) is 1. The maximum absolute atomic E-state index is 13.6. The Morgan fingerprint density at radius 3 is 2.72 bits per heavy atom. The van der Waals surface area contributed by atoms with Crippen molar-refractivity contribution in [1.82, 2.24) is 9.78 Å². The standard InChI is InChI=1S/C13H16FN3S/c1-8-4-13(11(9(2)15)5-12(8)14)18-10-6-16-17(3)7-10/h4-7,9H,15H2,1-3H3/t9-/m0/s1. The van der Waals surface area contributed by atoms with Crippen LogP contribution in [0.25, 0.3) is 0 Å². The highest BCUT2D eigenvalue weighted by atomic mass is 32.2. The fourth-order valence-electron chi connectivity index (χ4n) is 1.69. The predicted molar refractivity (Wildman–Crippen MR) is 71.1 cm³/mol. The van der Waals surface area contributed by atoms with E-state index in [1.165, 1.54) is 6.07 Å². The van der Waals surface area contributed by atoms with E-state index in [4.69, 9.17) is 5.73 Å². The molecule has 2 N–H and O–H groups in total. The first-order chi connectivity index (χ1) is 8.47. The lowest BCUT2D eigenvalue weighted by Gasteiger charge is -2.13. The molecule has 0 aliphatic carbocycles. The lowest BCUT2D eigenvalue weighted by atomic mass is 10.1. The van der Waals surface area contributed by atoms with Crippen LogP contribution in [0.4, 0.5) is 4.39 Å². The summed E-state index contributed by atoms with van der Waals surface area (Å²) in [5.41, 5.74) is 7.35. The fourth-order valence-corrected chi connectivity index (χ4v) is 2.85. The quantitative estimate of drug-likeness (QED) is 0.927. The number of aryl methyl sites for hydroxylation is 2. The molecule has 0 amide bonds. The Kier molecular flexibility index (Phi) is 3.73. The summed E-state index contributed by atoms with van der Waals surface area (Å²) in [4.78, 5) is 2.00. The lowest BCUT2D eigenvalue weighted by Crippen LogP contribution is -2.07. The molecule has 3 nitrogen and oxygen atoms in total. The summed E-state index contributed by atoms with van der Waals surface area (Å²) in [7, 11) is 1.87. The Labute approximate surface area is 110 Å². The monoisotopic (exact) mass is 265 g/mol. The summed E-state index contributed by atoms with van der Waals surface area (Å²) in [6, 6.07) is 3.17. The molecule has 2 aromatic rings. The van der Waals surface area contributed by atoms with Crippen LogP contribution in [0.15, 0.2) is 34.3 Å². The van der Waals surface area contributed by atoms with Gasteiger partial charge in [0, 0.05) is 24.2 Å². The highest BCUT2D eigenvalue weighted by Crippen LogP contribution is 2.34. The van der Waals surface area contributed by atoms with Gasteiger partial charge in [0.15, 0.2) is 0 Å². The van der Waals surface area contributed by atoms with Gasteiger partial charge in [-0.05, 0) is 37.1 Å². The first-order valence-corrected chi connectivity index (χ1v) is 6.51. The number of nitrogens with zero attached hydrogens (tertiary/aromatic N) is 2. The highest BCUT2D eigenvalue weighted by Gasteiger charge is 2.12. The highest BCUT2D eigenvalue weighted by molar-refractivity contribution is 7.99. The van der Waals surface area contributed by atoms with Crippen molar-refractivity contribution >= 4 is 11.8 Å². The average Bonchev–Trinajstić information content (AvgIpc) is 2.68. The number of halogens is 1. The fraction of sp³-hybridized carbons (Fsp3) is 0.308. The number of nitrogens with two attached hydrogens (primary N) is 1. The molecule has 2 rings (SSSR count). The number of rotatable bonds is 3. The van der Waals surface area contributed by atoms with Crippen LogP contribution in [0.2, 0.25) is 0 Å². The molecule has 0 spiro atoms. The molecular formula is C13H16FN3S. The van der Waals surface area contributed by atoms with Crippen LogP contribution in [0.1, 0.15) is 24.1 Å². The molecule has 1 aromatic carbocycles. The van der Waals surface area contributed by atoms with E-state index in [-0.39, 0.29) is 11.9 Å². The van der Waals surface area contributed by atoms with Crippen molar-refractivity contribution in [1.29, 1.82) is 0 Å². The molecule has 1 aromatic heterocycles. The normalized spacial score (nSPS) is 12.7. The molecular weight excluding hydrogens is 249 g/mol. The van der Waals surface area contributed by atoms with E-state index >= 15 is 0 Å². The Hall–Kier alpha value is -1.33. The van der Waals surface area contributed by atoms with Crippen molar-refractivity contribution in [2.45, 2.75) is 29.7 Å². The van der Waals surface area contributed by atoms with E-state index < -0.39 is 0 Å². The van der Waals surface area contributed by atoms with Crippen LogP contribution in [0.5, 0.6) is 0 Å². The van der Waals surface area contributed by atoms with Gasteiger partial charge in [0.05, 0.1) is 11.1 Å². The minimum Gasteiger partial charge on any atom is -0.324 e. The smallest absolute Gasteiger partial charge is 0.126 e. The van der Waals surface area contributed by atoms with Crippen molar-refractivity contribution in [2.75, 3.05) is 0 Å².